The summed E-state index contributed by atoms with van der Waals surface area (Å²) in [6.07, 6.45) is 3.07. The molecule has 0 aliphatic heterocycles. The van der Waals surface area contributed by atoms with E-state index in [-0.39, 0.29) is 0 Å². The average molecular weight is 221 g/mol. The van der Waals surface area contributed by atoms with Crippen molar-refractivity contribution in [2.75, 3.05) is 26.7 Å². The molecule has 0 aliphatic rings. The van der Waals surface area contributed by atoms with Gasteiger partial charge in [-0.1, -0.05) is 13.0 Å². The van der Waals surface area contributed by atoms with Gasteiger partial charge in [0.2, 0.25) is 0 Å². The number of aryl methyl sites for hydroxylation is 1. The van der Waals surface area contributed by atoms with E-state index in [4.69, 9.17) is 0 Å². The van der Waals surface area contributed by atoms with E-state index < -0.39 is 0 Å². The van der Waals surface area contributed by atoms with Gasteiger partial charge in [0.1, 0.15) is 0 Å². The predicted molar refractivity (Wildman–Crippen MR) is 68.5 cm³/mol. The molecular weight excluding hydrogens is 198 g/mol. The summed E-state index contributed by atoms with van der Waals surface area (Å²) in [6.45, 7) is 8.56. The number of likely N-dealkylation sites (N-methyl/N-ethyl adjacent to an activating group) is 1. The lowest BCUT2D eigenvalue weighted by atomic mass is 10.2. The van der Waals surface area contributed by atoms with E-state index in [1.807, 2.05) is 19.3 Å². The Bertz CT molecular complexity index is 299. The minimum absolute atomic E-state index is 0.961. The summed E-state index contributed by atoms with van der Waals surface area (Å²) in [5.41, 5.74) is 2.49. The third kappa shape index (κ3) is 4.29. The number of hydrogen-bond donors (Lipinski definition) is 1. The predicted octanol–water partition coefficient (Wildman–Crippen LogP) is 1.82. The van der Waals surface area contributed by atoms with E-state index in [1.54, 1.807) is 0 Å². The first-order valence-corrected chi connectivity index (χ1v) is 6.05. The molecule has 3 heteroatoms. The number of hydrogen-bond acceptors (Lipinski definition) is 3. The minimum atomic E-state index is 0.961. The standard InChI is InChI=1S/C13H23N3/c1-4-9-16(10-8-14-3)11-13-12(2)6-5-7-15-13/h5-7,14H,4,8-11H2,1-3H3. The molecule has 0 spiro atoms. The fourth-order valence-corrected chi connectivity index (χ4v) is 1.75. The molecule has 1 heterocycles. The highest BCUT2D eigenvalue weighted by Gasteiger charge is 2.06. The summed E-state index contributed by atoms with van der Waals surface area (Å²) >= 11 is 0. The van der Waals surface area contributed by atoms with E-state index >= 15 is 0 Å². The number of nitrogens with zero attached hydrogens (tertiary/aromatic N) is 2. The van der Waals surface area contributed by atoms with Crippen LogP contribution in [0.5, 0.6) is 0 Å². The molecule has 0 bridgehead atoms. The van der Waals surface area contributed by atoms with Crippen LogP contribution in [0.2, 0.25) is 0 Å². The van der Waals surface area contributed by atoms with Gasteiger partial charge in [0.05, 0.1) is 5.69 Å². The largest absolute Gasteiger partial charge is 0.318 e. The maximum Gasteiger partial charge on any atom is 0.0573 e. The molecule has 0 aliphatic carbocycles. The van der Waals surface area contributed by atoms with Crippen LogP contribution in [0.4, 0.5) is 0 Å². The van der Waals surface area contributed by atoms with Crippen molar-refractivity contribution < 1.29 is 0 Å². The Labute approximate surface area is 98.9 Å². The van der Waals surface area contributed by atoms with Gasteiger partial charge in [0.15, 0.2) is 0 Å². The second-order valence-corrected chi connectivity index (χ2v) is 4.15. The Morgan fingerprint density at radius 1 is 1.38 bits per heavy atom. The van der Waals surface area contributed by atoms with Crippen LogP contribution >= 0.6 is 0 Å². The molecule has 0 unspecified atom stereocenters. The number of aromatic nitrogens is 1. The highest BCUT2D eigenvalue weighted by molar-refractivity contribution is 5.17. The molecule has 0 atom stereocenters. The summed E-state index contributed by atoms with van der Waals surface area (Å²) in [7, 11) is 2.00. The second-order valence-electron chi connectivity index (χ2n) is 4.15. The maximum absolute atomic E-state index is 4.45. The Kier molecular flexibility index (Phi) is 6.04. The molecule has 1 N–H and O–H groups in total. The lowest BCUT2D eigenvalue weighted by molar-refractivity contribution is 0.264. The Morgan fingerprint density at radius 2 is 2.19 bits per heavy atom. The molecule has 3 nitrogen and oxygen atoms in total. The van der Waals surface area contributed by atoms with Gasteiger partial charge >= 0.3 is 0 Å². The second kappa shape index (κ2) is 7.36. The molecule has 0 radical (unpaired) electrons. The average Bonchev–Trinajstić information content (AvgIpc) is 2.29. The molecular formula is C13H23N3. The van der Waals surface area contributed by atoms with Gasteiger partial charge in [-0.25, -0.2) is 0 Å². The Hall–Kier alpha value is -0.930. The molecule has 0 saturated carbocycles. The lowest BCUT2D eigenvalue weighted by Crippen LogP contribution is -2.31. The van der Waals surface area contributed by atoms with E-state index in [0.29, 0.717) is 0 Å². The van der Waals surface area contributed by atoms with Crippen LogP contribution in [-0.4, -0.2) is 36.6 Å². The first-order chi connectivity index (χ1) is 7.77. The Morgan fingerprint density at radius 3 is 2.81 bits per heavy atom. The van der Waals surface area contributed by atoms with Crippen molar-refractivity contribution in [3.05, 3.63) is 29.6 Å². The summed E-state index contributed by atoms with van der Waals surface area (Å²) in [5, 5.41) is 3.19. The number of pyridine rings is 1. The van der Waals surface area contributed by atoms with E-state index in [1.165, 1.54) is 17.7 Å². The molecule has 16 heavy (non-hydrogen) atoms. The topological polar surface area (TPSA) is 28.2 Å². The minimum Gasteiger partial charge on any atom is -0.318 e. The smallest absolute Gasteiger partial charge is 0.0573 e. The first kappa shape index (κ1) is 13.1. The van der Waals surface area contributed by atoms with Gasteiger partial charge in [0.25, 0.3) is 0 Å². The van der Waals surface area contributed by atoms with Crippen LogP contribution in [-0.2, 0) is 6.54 Å². The Balaban J connectivity index is 2.56. The molecule has 0 aromatic carbocycles. The zero-order valence-electron chi connectivity index (χ0n) is 10.7. The fourth-order valence-electron chi connectivity index (χ4n) is 1.75. The SMILES string of the molecule is CCCN(CCNC)Cc1ncccc1C. The fraction of sp³-hybridized carbons (Fsp3) is 0.615. The van der Waals surface area contributed by atoms with Gasteiger partial charge in [0, 0.05) is 25.8 Å². The van der Waals surface area contributed by atoms with Gasteiger partial charge < -0.3 is 5.32 Å². The first-order valence-electron chi connectivity index (χ1n) is 6.05. The summed E-state index contributed by atoms with van der Waals surface area (Å²) in [5.74, 6) is 0. The van der Waals surface area contributed by atoms with E-state index in [2.05, 4.69) is 35.1 Å². The van der Waals surface area contributed by atoms with Gasteiger partial charge in [-0.3, -0.25) is 9.88 Å². The van der Waals surface area contributed by atoms with Crippen molar-refractivity contribution in [2.45, 2.75) is 26.8 Å². The summed E-state index contributed by atoms with van der Waals surface area (Å²) in [4.78, 5) is 6.90. The molecule has 0 fully saturated rings. The normalized spacial score (nSPS) is 11.0. The van der Waals surface area contributed by atoms with Crippen LogP contribution in [0.1, 0.15) is 24.6 Å². The van der Waals surface area contributed by atoms with Crippen molar-refractivity contribution >= 4 is 0 Å². The number of rotatable bonds is 7. The third-order valence-corrected chi connectivity index (χ3v) is 2.71. The van der Waals surface area contributed by atoms with Gasteiger partial charge in [-0.2, -0.15) is 0 Å². The summed E-state index contributed by atoms with van der Waals surface area (Å²) in [6, 6.07) is 4.13. The lowest BCUT2D eigenvalue weighted by Gasteiger charge is -2.21. The highest BCUT2D eigenvalue weighted by atomic mass is 15.1. The van der Waals surface area contributed by atoms with Crippen LogP contribution in [0.3, 0.4) is 0 Å². The van der Waals surface area contributed by atoms with Crippen molar-refractivity contribution in [3.63, 3.8) is 0 Å². The van der Waals surface area contributed by atoms with Gasteiger partial charge in [-0.15, -0.1) is 0 Å². The monoisotopic (exact) mass is 221 g/mol. The van der Waals surface area contributed by atoms with Crippen LogP contribution in [0, 0.1) is 6.92 Å². The van der Waals surface area contributed by atoms with Crippen LogP contribution in [0.15, 0.2) is 18.3 Å². The van der Waals surface area contributed by atoms with Gasteiger partial charge in [-0.05, 0) is 38.6 Å². The van der Waals surface area contributed by atoms with Crippen molar-refractivity contribution in [1.29, 1.82) is 0 Å². The van der Waals surface area contributed by atoms with Crippen molar-refractivity contribution in [1.82, 2.24) is 15.2 Å². The van der Waals surface area contributed by atoms with E-state index in [0.717, 1.165) is 26.2 Å². The third-order valence-electron chi connectivity index (χ3n) is 2.71. The quantitative estimate of drug-likeness (QED) is 0.761. The molecule has 1 aromatic heterocycles. The highest BCUT2D eigenvalue weighted by Crippen LogP contribution is 2.07. The van der Waals surface area contributed by atoms with Crippen LogP contribution < -0.4 is 5.32 Å². The zero-order chi connectivity index (χ0) is 11.8. The molecule has 1 rings (SSSR count). The molecule has 0 amide bonds. The molecule has 0 saturated heterocycles. The van der Waals surface area contributed by atoms with E-state index in [9.17, 15) is 0 Å². The molecule has 90 valence electrons. The van der Waals surface area contributed by atoms with Crippen molar-refractivity contribution in [3.8, 4) is 0 Å². The maximum atomic E-state index is 4.45. The number of nitrogens with one attached hydrogen (secondary N) is 1. The summed E-state index contributed by atoms with van der Waals surface area (Å²) < 4.78 is 0. The van der Waals surface area contributed by atoms with Crippen LogP contribution in [0.25, 0.3) is 0 Å². The molecule has 1 aromatic rings. The zero-order valence-corrected chi connectivity index (χ0v) is 10.7. The van der Waals surface area contributed by atoms with Crippen molar-refractivity contribution in [2.24, 2.45) is 0 Å².